The number of allylic oxidation sites excluding steroid dienone is 1. The number of aromatic nitrogens is 2. The number of nitrogens with one attached hydrogen (secondary N) is 1. The Morgan fingerprint density at radius 3 is 2.48 bits per heavy atom. The first-order valence-corrected chi connectivity index (χ1v) is 8.26. The second kappa shape index (κ2) is 6.65. The molecule has 0 saturated carbocycles. The third-order valence-electron chi connectivity index (χ3n) is 4.05. The molecule has 0 spiro atoms. The molecule has 0 bridgehead atoms. The highest BCUT2D eigenvalue weighted by Gasteiger charge is 2.12. The molecular formula is C22H18N2O. The molecule has 0 fully saturated rings. The number of H-pyrrole nitrogens is 1. The average molecular weight is 326 g/mol. The summed E-state index contributed by atoms with van der Waals surface area (Å²) in [5.41, 5.74) is 4.07. The quantitative estimate of drug-likeness (QED) is 0.474. The zero-order valence-electron chi connectivity index (χ0n) is 13.8. The van der Waals surface area contributed by atoms with Crippen LogP contribution in [0.4, 0.5) is 0 Å². The van der Waals surface area contributed by atoms with Crippen LogP contribution in [0.2, 0.25) is 0 Å². The molecule has 0 aliphatic rings. The average Bonchev–Trinajstić information content (AvgIpc) is 3.06. The lowest BCUT2D eigenvalue weighted by Gasteiger charge is -2.12. The van der Waals surface area contributed by atoms with E-state index < -0.39 is 0 Å². The molecule has 1 aromatic heterocycles. The molecule has 0 atom stereocenters. The first kappa shape index (κ1) is 15.2. The number of ether oxygens (including phenoxy) is 1. The molecule has 1 N–H and O–H groups in total. The van der Waals surface area contributed by atoms with Crippen LogP contribution in [0.25, 0.3) is 22.2 Å². The Labute approximate surface area is 146 Å². The van der Waals surface area contributed by atoms with Crippen LogP contribution in [0.5, 0.6) is 11.5 Å². The predicted octanol–water partition coefficient (Wildman–Crippen LogP) is 5.75. The molecule has 0 radical (unpaired) electrons. The van der Waals surface area contributed by atoms with Crippen molar-refractivity contribution in [2.24, 2.45) is 0 Å². The van der Waals surface area contributed by atoms with Crippen molar-refractivity contribution >= 4 is 11.0 Å². The van der Waals surface area contributed by atoms with Gasteiger partial charge in [0.05, 0.1) is 11.0 Å². The number of nitrogens with zero attached hydrogens (tertiary/aromatic N) is 1. The fraction of sp³-hybridized carbons (Fsp3) is 0.0455. The lowest BCUT2D eigenvalue weighted by molar-refractivity contribution is 0.484. The van der Waals surface area contributed by atoms with Gasteiger partial charge in [0.2, 0.25) is 0 Å². The Kier molecular flexibility index (Phi) is 4.05. The first-order chi connectivity index (χ1) is 12.3. The molecule has 25 heavy (non-hydrogen) atoms. The number of hydrogen-bond donors (Lipinski definition) is 1. The molecule has 4 aromatic rings. The van der Waals surface area contributed by atoms with Crippen molar-refractivity contribution in [2.75, 3.05) is 0 Å². The fourth-order valence-electron chi connectivity index (χ4n) is 2.93. The molecule has 1 heterocycles. The van der Waals surface area contributed by atoms with Crippen molar-refractivity contribution in [3.63, 3.8) is 0 Å². The van der Waals surface area contributed by atoms with Crippen molar-refractivity contribution in [3.05, 3.63) is 91.3 Å². The van der Waals surface area contributed by atoms with Crippen LogP contribution in [-0.4, -0.2) is 9.97 Å². The molecule has 0 saturated heterocycles. The van der Waals surface area contributed by atoms with E-state index in [9.17, 15) is 0 Å². The monoisotopic (exact) mass is 326 g/mol. The van der Waals surface area contributed by atoms with Gasteiger partial charge in [-0.2, -0.15) is 0 Å². The van der Waals surface area contributed by atoms with Crippen LogP contribution >= 0.6 is 0 Å². The molecule has 3 heteroatoms. The SMILES string of the molecule is C=CCc1nc2cccc(-c3ccccc3Oc3ccccc3)c2[nH]1. The maximum Gasteiger partial charge on any atom is 0.135 e. The molecule has 122 valence electrons. The summed E-state index contributed by atoms with van der Waals surface area (Å²) >= 11 is 0. The summed E-state index contributed by atoms with van der Waals surface area (Å²) in [5, 5.41) is 0. The van der Waals surface area contributed by atoms with E-state index in [1.54, 1.807) is 0 Å². The Morgan fingerprint density at radius 2 is 1.64 bits per heavy atom. The molecule has 0 aliphatic heterocycles. The third kappa shape index (κ3) is 3.04. The van der Waals surface area contributed by atoms with Gasteiger partial charge in [-0.1, -0.05) is 54.6 Å². The number of benzene rings is 3. The van der Waals surface area contributed by atoms with E-state index in [4.69, 9.17) is 4.74 Å². The van der Waals surface area contributed by atoms with Crippen LogP contribution in [0.3, 0.4) is 0 Å². The minimum Gasteiger partial charge on any atom is -0.457 e. The second-order valence-electron chi connectivity index (χ2n) is 5.79. The molecule has 0 unspecified atom stereocenters. The number of fused-ring (bicyclic) bond motifs is 1. The Balaban J connectivity index is 1.82. The van der Waals surface area contributed by atoms with E-state index in [0.29, 0.717) is 0 Å². The standard InChI is InChI=1S/C22H18N2O/c1-2-9-21-23-19-14-8-13-18(22(19)24-21)17-12-6-7-15-20(17)25-16-10-4-3-5-11-16/h2-8,10-15H,1,9H2,(H,23,24). The van der Waals surface area contributed by atoms with Gasteiger partial charge >= 0.3 is 0 Å². The van der Waals surface area contributed by atoms with Crippen LogP contribution in [-0.2, 0) is 6.42 Å². The van der Waals surface area contributed by atoms with Crippen molar-refractivity contribution in [3.8, 4) is 22.6 Å². The largest absolute Gasteiger partial charge is 0.457 e. The summed E-state index contributed by atoms with van der Waals surface area (Å²) in [7, 11) is 0. The molecular weight excluding hydrogens is 308 g/mol. The van der Waals surface area contributed by atoms with Crippen molar-refractivity contribution in [1.82, 2.24) is 9.97 Å². The first-order valence-electron chi connectivity index (χ1n) is 8.26. The number of aromatic amines is 1. The second-order valence-corrected chi connectivity index (χ2v) is 5.79. The number of para-hydroxylation sites is 3. The zero-order chi connectivity index (χ0) is 17.1. The number of hydrogen-bond acceptors (Lipinski definition) is 2. The van der Waals surface area contributed by atoms with Gasteiger partial charge in [0, 0.05) is 17.5 Å². The highest BCUT2D eigenvalue weighted by molar-refractivity contribution is 5.93. The minimum atomic E-state index is 0.719. The van der Waals surface area contributed by atoms with E-state index in [2.05, 4.69) is 28.7 Å². The normalized spacial score (nSPS) is 10.7. The van der Waals surface area contributed by atoms with E-state index in [1.807, 2.05) is 66.7 Å². The fourth-order valence-corrected chi connectivity index (χ4v) is 2.93. The van der Waals surface area contributed by atoms with Crippen LogP contribution in [0.15, 0.2) is 85.5 Å². The number of imidazole rings is 1. The van der Waals surface area contributed by atoms with Crippen LogP contribution < -0.4 is 4.74 Å². The zero-order valence-corrected chi connectivity index (χ0v) is 13.8. The molecule has 3 nitrogen and oxygen atoms in total. The van der Waals surface area contributed by atoms with Crippen molar-refractivity contribution < 1.29 is 4.74 Å². The summed E-state index contributed by atoms with van der Waals surface area (Å²) in [5.74, 6) is 2.55. The molecule has 0 amide bonds. The highest BCUT2D eigenvalue weighted by Crippen LogP contribution is 2.36. The topological polar surface area (TPSA) is 37.9 Å². The highest BCUT2D eigenvalue weighted by atomic mass is 16.5. The van der Waals surface area contributed by atoms with Crippen molar-refractivity contribution in [2.45, 2.75) is 6.42 Å². The predicted molar refractivity (Wildman–Crippen MR) is 102 cm³/mol. The molecule has 0 aliphatic carbocycles. The van der Waals surface area contributed by atoms with Gasteiger partial charge in [-0.05, 0) is 24.3 Å². The van der Waals surface area contributed by atoms with E-state index in [1.165, 1.54) is 0 Å². The van der Waals surface area contributed by atoms with Gasteiger partial charge in [-0.3, -0.25) is 0 Å². The van der Waals surface area contributed by atoms with E-state index >= 15 is 0 Å². The maximum absolute atomic E-state index is 6.12. The lowest BCUT2D eigenvalue weighted by atomic mass is 10.0. The summed E-state index contributed by atoms with van der Waals surface area (Å²) in [4.78, 5) is 8.05. The maximum atomic E-state index is 6.12. The van der Waals surface area contributed by atoms with E-state index in [-0.39, 0.29) is 0 Å². The van der Waals surface area contributed by atoms with E-state index in [0.717, 1.165) is 45.9 Å². The summed E-state index contributed by atoms with van der Waals surface area (Å²) in [6.07, 6.45) is 2.57. The Hall–Kier alpha value is -3.33. The summed E-state index contributed by atoms with van der Waals surface area (Å²) in [6.45, 7) is 3.79. The smallest absolute Gasteiger partial charge is 0.135 e. The van der Waals surface area contributed by atoms with Crippen molar-refractivity contribution in [1.29, 1.82) is 0 Å². The molecule has 4 rings (SSSR count). The lowest BCUT2D eigenvalue weighted by Crippen LogP contribution is -1.89. The van der Waals surface area contributed by atoms with Gasteiger partial charge in [-0.15, -0.1) is 6.58 Å². The van der Waals surface area contributed by atoms with Gasteiger partial charge < -0.3 is 9.72 Å². The van der Waals surface area contributed by atoms with Crippen LogP contribution in [0.1, 0.15) is 5.82 Å². The molecule has 3 aromatic carbocycles. The van der Waals surface area contributed by atoms with Gasteiger partial charge in [0.15, 0.2) is 0 Å². The van der Waals surface area contributed by atoms with Crippen LogP contribution in [0, 0.1) is 0 Å². The summed E-state index contributed by atoms with van der Waals surface area (Å²) in [6, 6.07) is 24.0. The number of rotatable bonds is 5. The summed E-state index contributed by atoms with van der Waals surface area (Å²) < 4.78 is 6.12. The Bertz CT molecular complexity index is 1020. The Morgan fingerprint density at radius 1 is 0.880 bits per heavy atom. The third-order valence-corrected chi connectivity index (χ3v) is 4.05. The van der Waals surface area contributed by atoms with Gasteiger partial charge in [0.1, 0.15) is 17.3 Å². The van der Waals surface area contributed by atoms with Gasteiger partial charge in [0.25, 0.3) is 0 Å². The van der Waals surface area contributed by atoms with Gasteiger partial charge in [-0.25, -0.2) is 4.98 Å². The minimum absolute atomic E-state index is 0.719.